The minimum atomic E-state index is -0.182. The quantitative estimate of drug-likeness (QED) is 0.717. The maximum atomic E-state index is 13.1. The highest BCUT2D eigenvalue weighted by Gasteiger charge is 2.24. The molecule has 2 aromatic rings. The molecule has 0 aliphatic carbocycles. The first-order valence-corrected chi connectivity index (χ1v) is 10.7. The van der Waals surface area contributed by atoms with Crippen molar-refractivity contribution < 1.29 is 9.18 Å². The summed E-state index contributed by atoms with van der Waals surface area (Å²) in [6.07, 6.45) is 3.66. The molecule has 5 nitrogen and oxygen atoms in total. The molecular formula is C21H27FN4OS. The SMILES string of the molecule is Cn1ccc2c1C(=O)CCN(CCCN1CCN(c3ccc(F)cc3)CC1)S2. The number of aryl methyl sites for hydroxylation is 1. The van der Waals surface area contributed by atoms with Gasteiger partial charge in [0.2, 0.25) is 0 Å². The first-order chi connectivity index (χ1) is 13.6. The molecule has 4 rings (SSSR count). The molecule has 2 aliphatic rings. The van der Waals surface area contributed by atoms with Crippen LogP contribution in [-0.4, -0.2) is 65.4 Å². The van der Waals surface area contributed by atoms with Gasteiger partial charge in [-0.2, -0.15) is 0 Å². The third-order valence-corrected chi connectivity index (χ3v) is 6.71. The lowest BCUT2D eigenvalue weighted by atomic mass is 10.2. The summed E-state index contributed by atoms with van der Waals surface area (Å²) in [5.41, 5.74) is 1.95. The molecule has 0 bridgehead atoms. The summed E-state index contributed by atoms with van der Waals surface area (Å²) in [5.74, 6) is 0.0625. The molecule has 2 aliphatic heterocycles. The Labute approximate surface area is 170 Å². The molecule has 0 N–H and O–H groups in total. The second kappa shape index (κ2) is 8.68. The minimum absolute atomic E-state index is 0.182. The summed E-state index contributed by atoms with van der Waals surface area (Å²) in [6.45, 7) is 6.90. The Hall–Kier alpha value is -1.83. The van der Waals surface area contributed by atoms with Crippen molar-refractivity contribution in [1.82, 2.24) is 13.8 Å². The normalized spacial score (nSPS) is 18.9. The highest BCUT2D eigenvalue weighted by atomic mass is 32.2. The first kappa shape index (κ1) is 19.5. The average molecular weight is 403 g/mol. The summed E-state index contributed by atoms with van der Waals surface area (Å²) in [4.78, 5) is 18.2. The number of halogens is 1. The van der Waals surface area contributed by atoms with Gasteiger partial charge in [-0.1, -0.05) is 0 Å². The van der Waals surface area contributed by atoms with Crippen LogP contribution in [0.4, 0.5) is 10.1 Å². The summed E-state index contributed by atoms with van der Waals surface area (Å²) < 4.78 is 17.4. The summed E-state index contributed by atoms with van der Waals surface area (Å²) in [6, 6.07) is 8.83. The summed E-state index contributed by atoms with van der Waals surface area (Å²) in [5, 5.41) is 0. The van der Waals surface area contributed by atoms with E-state index in [0.29, 0.717) is 6.42 Å². The number of aromatic nitrogens is 1. The fraction of sp³-hybridized carbons (Fsp3) is 0.476. The lowest BCUT2D eigenvalue weighted by Gasteiger charge is -2.36. The zero-order chi connectivity index (χ0) is 19.5. The van der Waals surface area contributed by atoms with Crippen LogP contribution in [0.5, 0.6) is 0 Å². The number of hydrogen-bond donors (Lipinski definition) is 0. The van der Waals surface area contributed by atoms with Gasteiger partial charge in [0.25, 0.3) is 0 Å². The Morgan fingerprint density at radius 2 is 1.75 bits per heavy atom. The molecule has 0 atom stereocenters. The monoisotopic (exact) mass is 402 g/mol. The van der Waals surface area contributed by atoms with Gasteiger partial charge in [-0.15, -0.1) is 0 Å². The van der Waals surface area contributed by atoms with Crippen LogP contribution in [0.1, 0.15) is 23.3 Å². The highest BCUT2D eigenvalue weighted by molar-refractivity contribution is 7.97. The molecule has 0 amide bonds. The Kier molecular flexibility index (Phi) is 6.04. The molecule has 150 valence electrons. The van der Waals surface area contributed by atoms with Crippen molar-refractivity contribution in [3.8, 4) is 0 Å². The smallest absolute Gasteiger partial charge is 0.181 e. The van der Waals surface area contributed by atoms with Crippen LogP contribution in [0.2, 0.25) is 0 Å². The molecule has 7 heteroatoms. The fourth-order valence-corrected chi connectivity index (χ4v) is 5.10. The van der Waals surface area contributed by atoms with Crippen LogP contribution in [0.25, 0.3) is 0 Å². The minimum Gasteiger partial charge on any atom is -0.369 e. The van der Waals surface area contributed by atoms with Crippen molar-refractivity contribution in [2.45, 2.75) is 17.7 Å². The lowest BCUT2D eigenvalue weighted by Crippen LogP contribution is -2.47. The van der Waals surface area contributed by atoms with Crippen molar-refractivity contribution >= 4 is 23.4 Å². The number of nitrogens with zero attached hydrogens (tertiary/aromatic N) is 4. The number of fused-ring (bicyclic) bond motifs is 1. The molecule has 0 spiro atoms. The van der Waals surface area contributed by atoms with Gasteiger partial charge in [-0.25, -0.2) is 8.70 Å². The van der Waals surface area contributed by atoms with E-state index in [2.05, 4.69) is 14.1 Å². The van der Waals surface area contributed by atoms with Crippen LogP contribution in [0.3, 0.4) is 0 Å². The van der Waals surface area contributed by atoms with E-state index in [1.165, 1.54) is 12.1 Å². The van der Waals surface area contributed by atoms with Crippen molar-refractivity contribution in [2.24, 2.45) is 7.05 Å². The van der Waals surface area contributed by atoms with E-state index in [0.717, 1.165) is 68.5 Å². The van der Waals surface area contributed by atoms with Crippen LogP contribution in [-0.2, 0) is 7.05 Å². The van der Waals surface area contributed by atoms with Crippen molar-refractivity contribution in [1.29, 1.82) is 0 Å². The topological polar surface area (TPSA) is 31.7 Å². The predicted octanol–water partition coefficient (Wildman–Crippen LogP) is 3.27. The second-order valence-corrected chi connectivity index (χ2v) is 8.63. The molecular weight excluding hydrogens is 375 g/mol. The first-order valence-electron chi connectivity index (χ1n) is 9.94. The maximum Gasteiger partial charge on any atom is 0.181 e. The fourth-order valence-electron chi connectivity index (χ4n) is 3.95. The number of carbonyl (C=O) groups is 1. The molecule has 1 aromatic heterocycles. The van der Waals surface area contributed by atoms with E-state index in [9.17, 15) is 9.18 Å². The maximum absolute atomic E-state index is 13.1. The molecule has 1 fully saturated rings. The number of piperazine rings is 1. The predicted molar refractivity (Wildman–Crippen MR) is 111 cm³/mol. The van der Waals surface area contributed by atoms with Crippen molar-refractivity contribution in [3.05, 3.63) is 48.0 Å². The number of benzene rings is 1. The second-order valence-electron chi connectivity index (χ2n) is 7.49. The van der Waals surface area contributed by atoms with Gasteiger partial charge < -0.3 is 9.47 Å². The Morgan fingerprint density at radius 3 is 2.50 bits per heavy atom. The van der Waals surface area contributed by atoms with Crippen molar-refractivity contribution in [2.75, 3.05) is 50.7 Å². The average Bonchev–Trinajstić information content (AvgIpc) is 2.98. The van der Waals surface area contributed by atoms with E-state index in [4.69, 9.17) is 0 Å². The Morgan fingerprint density at radius 1 is 1.00 bits per heavy atom. The lowest BCUT2D eigenvalue weighted by molar-refractivity contribution is 0.0968. The molecule has 0 saturated carbocycles. The van der Waals surface area contributed by atoms with Gasteiger partial charge in [-0.3, -0.25) is 9.69 Å². The zero-order valence-corrected chi connectivity index (χ0v) is 17.1. The molecule has 0 unspecified atom stereocenters. The van der Waals surface area contributed by atoms with Gasteiger partial charge in [0.15, 0.2) is 5.78 Å². The summed E-state index contributed by atoms with van der Waals surface area (Å²) in [7, 11) is 1.94. The standard InChI is InChI=1S/C21H27FN4OS/c1-23-11-8-20-21(23)19(27)7-12-26(28-20)10-2-9-24-13-15-25(16-14-24)18-5-3-17(22)4-6-18/h3-6,8,11H,2,7,9-10,12-16H2,1H3. The van der Waals surface area contributed by atoms with E-state index in [1.807, 2.05) is 36.0 Å². The highest BCUT2D eigenvalue weighted by Crippen LogP contribution is 2.31. The van der Waals surface area contributed by atoms with Crippen LogP contribution in [0, 0.1) is 5.82 Å². The number of hydrogen-bond acceptors (Lipinski definition) is 5. The third-order valence-electron chi connectivity index (χ3n) is 5.56. The molecule has 3 heterocycles. The van der Waals surface area contributed by atoms with Gasteiger partial charge in [0.05, 0.1) is 10.6 Å². The zero-order valence-electron chi connectivity index (χ0n) is 16.3. The Balaban J connectivity index is 1.22. The van der Waals surface area contributed by atoms with Crippen LogP contribution >= 0.6 is 11.9 Å². The number of Topliss-reactive ketones (excluding diaryl/α,β-unsaturated/α-hetero) is 1. The van der Waals surface area contributed by atoms with Gasteiger partial charge in [-0.05, 0) is 55.2 Å². The van der Waals surface area contributed by atoms with E-state index in [-0.39, 0.29) is 11.6 Å². The summed E-state index contributed by atoms with van der Waals surface area (Å²) >= 11 is 1.72. The molecule has 1 aromatic carbocycles. The molecule has 0 radical (unpaired) electrons. The van der Waals surface area contributed by atoms with E-state index < -0.39 is 0 Å². The molecule has 1 saturated heterocycles. The third kappa shape index (κ3) is 4.42. The van der Waals surface area contributed by atoms with Crippen LogP contribution < -0.4 is 4.90 Å². The largest absolute Gasteiger partial charge is 0.369 e. The van der Waals surface area contributed by atoms with E-state index >= 15 is 0 Å². The number of rotatable bonds is 5. The van der Waals surface area contributed by atoms with Gasteiger partial charge in [0, 0.05) is 64.6 Å². The number of anilines is 1. The molecule has 28 heavy (non-hydrogen) atoms. The van der Waals surface area contributed by atoms with E-state index in [1.54, 1.807) is 11.9 Å². The number of carbonyl (C=O) groups excluding carboxylic acids is 1. The van der Waals surface area contributed by atoms with Crippen LogP contribution in [0.15, 0.2) is 41.4 Å². The van der Waals surface area contributed by atoms with Gasteiger partial charge in [0.1, 0.15) is 5.82 Å². The number of ketones is 1. The Bertz CT molecular complexity index is 814. The van der Waals surface area contributed by atoms with Gasteiger partial charge >= 0.3 is 0 Å². The van der Waals surface area contributed by atoms with Crippen molar-refractivity contribution in [3.63, 3.8) is 0 Å².